The summed E-state index contributed by atoms with van der Waals surface area (Å²) >= 11 is 0. The molecule has 11 heteroatoms. The molecule has 0 spiro atoms. The number of hydrogen-bond acceptors (Lipinski definition) is 6. The molecule has 1 aromatic heterocycles. The Morgan fingerprint density at radius 1 is 1.10 bits per heavy atom. The minimum absolute atomic E-state index is 0.0496. The zero-order valence-electron chi connectivity index (χ0n) is 15.8. The highest BCUT2D eigenvalue weighted by Crippen LogP contribution is 2.24. The highest BCUT2D eigenvalue weighted by Gasteiger charge is 2.30. The number of ketones is 1. The van der Waals surface area contributed by atoms with Crippen molar-refractivity contribution in [2.45, 2.75) is 33.1 Å². The first-order valence-electron chi connectivity index (χ1n) is 8.63. The molecule has 0 aliphatic rings. The number of nitrogens with zero attached hydrogens (tertiary/aromatic N) is 2. The molecule has 29 heavy (non-hydrogen) atoms. The molecule has 8 nitrogen and oxygen atoms in total. The van der Waals surface area contributed by atoms with Gasteiger partial charge < -0.3 is 20.2 Å². The maximum atomic E-state index is 12.2. The summed E-state index contributed by atoms with van der Waals surface area (Å²) in [5.41, 5.74) is 0.866. The molecule has 2 amide bonds. The van der Waals surface area contributed by atoms with Gasteiger partial charge in [0.25, 0.3) is 0 Å². The number of aryl methyl sites for hydroxylation is 1. The molecular formula is C18H20F3N5O3. The van der Waals surface area contributed by atoms with Gasteiger partial charge in [0.2, 0.25) is 5.95 Å². The fraction of sp³-hybridized carbons (Fsp3) is 0.333. The van der Waals surface area contributed by atoms with Crippen molar-refractivity contribution in [3.05, 3.63) is 36.0 Å². The minimum atomic E-state index is -4.79. The molecule has 0 aliphatic heterocycles. The predicted octanol–water partition coefficient (Wildman–Crippen LogP) is 4.11. The lowest BCUT2D eigenvalue weighted by molar-refractivity contribution is -0.274. The van der Waals surface area contributed by atoms with Crippen LogP contribution < -0.4 is 20.7 Å². The maximum Gasteiger partial charge on any atom is 0.573 e. The first kappa shape index (κ1) is 21.9. The van der Waals surface area contributed by atoms with Crippen molar-refractivity contribution in [2.24, 2.45) is 0 Å². The number of rotatable bonds is 8. The maximum absolute atomic E-state index is 12.2. The smallest absolute Gasteiger partial charge is 0.406 e. The Morgan fingerprint density at radius 3 is 2.41 bits per heavy atom. The van der Waals surface area contributed by atoms with Gasteiger partial charge in [0.15, 0.2) is 0 Å². The molecule has 2 aromatic rings. The number of urea groups is 1. The van der Waals surface area contributed by atoms with Crippen LogP contribution in [-0.2, 0) is 4.79 Å². The Hall–Kier alpha value is -3.37. The second-order valence-corrected chi connectivity index (χ2v) is 6.10. The number of aromatic nitrogens is 2. The van der Waals surface area contributed by atoms with Crippen LogP contribution in [0.2, 0.25) is 0 Å². The molecule has 0 aliphatic carbocycles. The van der Waals surface area contributed by atoms with E-state index < -0.39 is 18.1 Å². The van der Waals surface area contributed by atoms with Crippen molar-refractivity contribution in [1.29, 1.82) is 0 Å². The average molecular weight is 411 g/mol. The highest BCUT2D eigenvalue weighted by molar-refractivity contribution is 5.98. The first-order valence-corrected chi connectivity index (χ1v) is 8.63. The largest absolute Gasteiger partial charge is 0.573 e. The van der Waals surface area contributed by atoms with Gasteiger partial charge in [-0.3, -0.25) is 5.32 Å². The lowest BCUT2D eigenvalue weighted by Gasteiger charge is -2.11. The summed E-state index contributed by atoms with van der Waals surface area (Å²) in [4.78, 5) is 31.3. The van der Waals surface area contributed by atoms with Crippen molar-refractivity contribution in [2.75, 3.05) is 22.5 Å². The van der Waals surface area contributed by atoms with Crippen LogP contribution in [0.1, 0.15) is 25.5 Å². The van der Waals surface area contributed by atoms with Gasteiger partial charge in [-0.05, 0) is 44.5 Å². The van der Waals surface area contributed by atoms with E-state index in [0.717, 1.165) is 12.1 Å². The number of halogens is 3. The van der Waals surface area contributed by atoms with Gasteiger partial charge in [0.05, 0.1) is 0 Å². The van der Waals surface area contributed by atoms with Crippen molar-refractivity contribution < 1.29 is 27.5 Å². The number of nitrogens with one attached hydrogen (secondary N) is 3. The highest BCUT2D eigenvalue weighted by atomic mass is 19.4. The quantitative estimate of drug-likeness (QED) is 0.565. The monoisotopic (exact) mass is 411 g/mol. The first-order chi connectivity index (χ1) is 13.6. The molecular weight excluding hydrogens is 391 g/mol. The molecule has 156 valence electrons. The van der Waals surface area contributed by atoms with E-state index in [2.05, 4.69) is 30.7 Å². The van der Waals surface area contributed by atoms with Gasteiger partial charge in [-0.25, -0.2) is 9.78 Å². The molecule has 2 rings (SSSR count). The lowest BCUT2D eigenvalue weighted by Crippen LogP contribution is -2.21. The Morgan fingerprint density at radius 2 is 1.79 bits per heavy atom. The van der Waals surface area contributed by atoms with E-state index >= 15 is 0 Å². The summed E-state index contributed by atoms with van der Waals surface area (Å²) in [6.07, 6.45) is -3.68. The third kappa shape index (κ3) is 8.45. The molecule has 3 N–H and O–H groups in total. The van der Waals surface area contributed by atoms with Crippen LogP contribution in [0.3, 0.4) is 0 Å². The molecule has 0 saturated carbocycles. The third-order valence-corrected chi connectivity index (χ3v) is 3.44. The van der Waals surface area contributed by atoms with Gasteiger partial charge in [0, 0.05) is 30.4 Å². The molecule has 0 bridgehead atoms. The van der Waals surface area contributed by atoms with Crippen LogP contribution in [0, 0.1) is 6.92 Å². The Labute approximate surface area is 164 Å². The van der Waals surface area contributed by atoms with Crippen molar-refractivity contribution in [3.8, 4) is 5.75 Å². The van der Waals surface area contributed by atoms with Crippen LogP contribution in [0.5, 0.6) is 5.75 Å². The standard InChI is InChI=1S/C18H20F3N5O3/c1-11-10-15(22-9-3-4-12(2)27)25-16(23-11)26-17(28)24-13-5-7-14(8-6-13)29-18(19,20)21/h5-8,10H,3-4,9H2,1-2H3,(H3,22,23,24,25,26,28). The number of alkyl halides is 3. The molecule has 0 fully saturated rings. The van der Waals surface area contributed by atoms with Crippen molar-refractivity contribution in [1.82, 2.24) is 9.97 Å². The van der Waals surface area contributed by atoms with Crippen LogP contribution in [0.4, 0.5) is 35.4 Å². The number of carbonyl (C=O) groups excluding carboxylic acids is 2. The topological polar surface area (TPSA) is 105 Å². The van der Waals surface area contributed by atoms with Gasteiger partial charge in [0.1, 0.15) is 17.4 Å². The van der Waals surface area contributed by atoms with Crippen molar-refractivity contribution in [3.63, 3.8) is 0 Å². The Kier molecular flexibility index (Phi) is 7.34. The second-order valence-electron chi connectivity index (χ2n) is 6.10. The van der Waals surface area contributed by atoms with Gasteiger partial charge >= 0.3 is 12.4 Å². The van der Waals surface area contributed by atoms with Crippen LogP contribution >= 0.6 is 0 Å². The molecule has 0 radical (unpaired) electrons. The number of hydrogen-bond donors (Lipinski definition) is 3. The van der Waals surface area contributed by atoms with E-state index in [4.69, 9.17) is 0 Å². The van der Waals surface area contributed by atoms with Crippen molar-refractivity contribution >= 4 is 29.3 Å². The van der Waals surface area contributed by atoms with E-state index in [9.17, 15) is 22.8 Å². The molecule has 1 aromatic carbocycles. The van der Waals surface area contributed by atoms with Gasteiger partial charge in [-0.2, -0.15) is 4.98 Å². The van der Waals surface area contributed by atoms with Crippen LogP contribution in [0.25, 0.3) is 0 Å². The number of benzene rings is 1. The zero-order valence-corrected chi connectivity index (χ0v) is 15.8. The minimum Gasteiger partial charge on any atom is -0.406 e. The normalized spacial score (nSPS) is 10.9. The number of ether oxygens (including phenoxy) is 1. The Balaban J connectivity index is 1.92. The van der Waals surface area contributed by atoms with Gasteiger partial charge in [-0.1, -0.05) is 0 Å². The fourth-order valence-corrected chi connectivity index (χ4v) is 2.27. The molecule has 0 atom stereocenters. The summed E-state index contributed by atoms with van der Waals surface area (Å²) < 4.78 is 40.2. The second kappa shape index (κ2) is 9.71. The summed E-state index contributed by atoms with van der Waals surface area (Å²) in [6, 6.07) is 5.71. The molecule has 0 saturated heterocycles. The number of amides is 2. The van der Waals surface area contributed by atoms with E-state index in [0.29, 0.717) is 30.9 Å². The van der Waals surface area contributed by atoms with Crippen LogP contribution in [0.15, 0.2) is 30.3 Å². The van der Waals surface area contributed by atoms with E-state index in [1.54, 1.807) is 13.0 Å². The lowest BCUT2D eigenvalue weighted by atomic mass is 10.2. The van der Waals surface area contributed by atoms with Gasteiger partial charge in [-0.15, -0.1) is 13.2 Å². The average Bonchev–Trinajstić information content (AvgIpc) is 2.58. The van der Waals surface area contributed by atoms with Crippen LogP contribution in [-0.4, -0.2) is 34.7 Å². The Bertz CT molecular complexity index is 857. The number of carbonyl (C=O) groups is 2. The van der Waals surface area contributed by atoms with E-state index in [1.165, 1.54) is 19.1 Å². The molecule has 1 heterocycles. The summed E-state index contributed by atoms with van der Waals surface area (Å²) in [6.45, 7) is 3.78. The summed E-state index contributed by atoms with van der Waals surface area (Å²) in [7, 11) is 0. The number of Topliss-reactive ketones (excluding diaryl/α,β-unsaturated/α-hetero) is 1. The molecule has 0 unspecified atom stereocenters. The summed E-state index contributed by atoms with van der Waals surface area (Å²) in [5.74, 6) is 0.243. The zero-order chi connectivity index (χ0) is 21.4. The predicted molar refractivity (Wildman–Crippen MR) is 101 cm³/mol. The van der Waals surface area contributed by atoms with E-state index in [-0.39, 0.29) is 17.4 Å². The van der Waals surface area contributed by atoms with E-state index in [1.807, 2.05) is 0 Å². The number of anilines is 3. The fourth-order valence-electron chi connectivity index (χ4n) is 2.27. The third-order valence-electron chi connectivity index (χ3n) is 3.44. The summed E-state index contributed by atoms with van der Waals surface area (Å²) in [5, 5.41) is 7.96. The SMILES string of the molecule is CC(=O)CCCNc1cc(C)nc(NC(=O)Nc2ccc(OC(F)(F)F)cc2)n1.